The van der Waals surface area contributed by atoms with Gasteiger partial charge < -0.3 is 15.2 Å². The second-order valence-corrected chi connectivity index (χ2v) is 6.42. The van der Waals surface area contributed by atoms with E-state index in [1.165, 1.54) is 32.1 Å². The third kappa shape index (κ3) is 6.24. The van der Waals surface area contributed by atoms with E-state index in [-0.39, 0.29) is 6.10 Å². The number of aliphatic hydroxyl groups excluding tert-OH is 1. The van der Waals surface area contributed by atoms with Crippen molar-refractivity contribution in [2.45, 2.75) is 78.0 Å². The van der Waals surface area contributed by atoms with Gasteiger partial charge in [0.05, 0.1) is 18.8 Å². The molecule has 0 heterocycles. The molecular weight excluding hydrogens is 238 g/mol. The highest BCUT2D eigenvalue weighted by Crippen LogP contribution is 2.29. The predicted octanol–water partition coefficient (Wildman–Crippen LogP) is 2.97. The van der Waals surface area contributed by atoms with Crippen molar-refractivity contribution in [2.75, 3.05) is 13.2 Å². The molecule has 4 unspecified atom stereocenters. The minimum Gasteiger partial charge on any atom is -0.389 e. The van der Waals surface area contributed by atoms with Crippen molar-refractivity contribution in [3.63, 3.8) is 0 Å². The third-order valence-electron chi connectivity index (χ3n) is 4.54. The van der Waals surface area contributed by atoms with E-state index in [9.17, 15) is 5.11 Å². The molecule has 0 aromatic carbocycles. The van der Waals surface area contributed by atoms with Crippen molar-refractivity contribution in [1.29, 1.82) is 0 Å². The van der Waals surface area contributed by atoms with Gasteiger partial charge in [-0.05, 0) is 31.6 Å². The number of ether oxygens (including phenoxy) is 1. The molecule has 1 rings (SSSR count). The Morgan fingerprint density at radius 1 is 1.21 bits per heavy atom. The van der Waals surface area contributed by atoms with Gasteiger partial charge in [-0.2, -0.15) is 0 Å². The molecule has 0 bridgehead atoms. The Hall–Kier alpha value is -0.120. The number of hydrogen-bond acceptors (Lipinski definition) is 3. The highest BCUT2D eigenvalue weighted by molar-refractivity contribution is 4.76. The van der Waals surface area contributed by atoms with Crippen molar-refractivity contribution in [2.24, 2.45) is 11.8 Å². The van der Waals surface area contributed by atoms with Crippen LogP contribution in [0.4, 0.5) is 0 Å². The summed E-state index contributed by atoms with van der Waals surface area (Å²) in [6.45, 7) is 9.88. The molecule has 0 radical (unpaired) electrons. The Balaban J connectivity index is 2.19. The van der Waals surface area contributed by atoms with Crippen LogP contribution in [-0.4, -0.2) is 36.5 Å². The molecule has 1 aliphatic rings. The summed E-state index contributed by atoms with van der Waals surface area (Å²) in [6, 6.07) is 0.438. The van der Waals surface area contributed by atoms with Gasteiger partial charge in [0.15, 0.2) is 0 Å². The van der Waals surface area contributed by atoms with Crippen LogP contribution >= 0.6 is 0 Å². The standard InChI is InChI=1S/C16H33NO2/c1-5-14-8-6-7-9-16(14)19-11-15(18)10-17-13(4)12(2)3/h12-18H,5-11H2,1-4H3. The monoisotopic (exact) mass is 271 g/mol. The SMILES string of the molecule is CCC1CCCCC1OCC(O)CNC(C)C(C)C. The molecule has 0 aliphatic heterocycles. The van der Waals surface area contributed by atoms with Crippen LogP contribution in [0, 0.1) is 11.8 Å². The van der Waals surface area contributed by atoms with E-state index in [0.717, 1.165) is 0 Å². The van der Waals surface area contributed by atoms with Crippen LogP contribution in [0.1, 0.15) is 59.8 Å². The summed E-state index contributed by atoms with van der Waals surface area (Å²) in [5.41, 5.74) is 0. The molecule has 2 N–H and O–H groups in total. The minimum atomic E-state index is -0.388. The van der Waals surface area contributed by atoms with E-state index in [4.69, 9.17) is 4.74 Å². The number of rotatable bonds is 8. The van der Waals surface area contributed by atoms with E-state index in [1.807, 2.05) is 0 Å². The van der Waals surface area contributed by atoms with Gasteiger partial charge in [0.2, 0.25) is 0 Å². The van der Waals surface area contributed by atoms with E-state index >= 15 is 0 Å². The first kappa shape index (κ1) is 16.9. The number of hydrogen-bond donors (Lipinski definition) is 2. The van der Waals surface area contributed by atoms with Crippen LogP contribution < -0.4 is 5.32 Å². The summed E-state index contributed by atoms with van der Waals surface area (Å²) in [6.07, 6.45) is 6.26. The van der Waals surface area contributed by atoms with Crippen LogP contribution in [0.25, 0.3) is 0 Å². The molecule has 3 nitrogen and oxygen atoms in total. The Bertz CT molecular complexity index is 233. The first-order valence-corrected chi connectivity index (χ1v) is 8.07. The van der Waals surface area contributed by atoms with Crippen molar-refractivity contribution in [3.8, 4) is 0 Å². The quantitative estimate of drug-likeness (QED) is 0.713. The summed E-state index contributed by atoms with van der Waals surface area (Å²) in [5.74, 6) is 1.29. The van der Waals surface area contributed by atoms with Crippen LogP contribution in [0.5, 0.6) is 0 Å². The highest BCUT2D eigenvalue weighted by Gasteiger charge is 2.24. The smallest absolute Gasteiger partial charge is 0.0897 e. The lowest BCUT2D eigenvalue weighted by atomic mass is 9.85. The van der Waals surface area contributed by atoms with E-state index in [2.05, 4.69) is 33.0 Å². The topological polar surface area (TPSA) is 41.5 Å². The zero-order valence-electron chi connectivity index (χ0n) is 13.2. The number of aliphatic hydroxyl groups is 1. The summed E-state index contributed by atoms with van der Waals surface area (Å²) >= 11 is 0. The van der Waals surface area contributed by atoms with E-state index in [1.54, 1.807) is 0 Å². The molecule has 0 saturated heterocycles. The first-order chi connectivity index (χ1) is 9.04. The molecule has 1 fully saturated rings. The molecule has 3 heteroatoms. The summed E-state index contributed by atoms with van der Waals surface area (Å²) in [7, 11) is 0. The first-order valence-electron chi connectivity index (χ1n) is 8.07. The Morgan fingerprint density at radius 2 is 1.89 bits per heavy atom. The lowest BCUT2D eigenvalue weighted by molar-refractivity contribution is -0.0504. The van der Waals surface area contributed by atoms with E-state index in [0.29, 0.717) is 37.1 Å². The maximum absolute atomic E-state index is 9.98. The predicted molar refractivity (Wildman–Crippen MR) is 80.3 cm³/mol. The second kappa shape index (κ2) is 8.93. The Morgan fingerprint density at radius 3 is 2.53 bits per heavy atom. The highest BCUT2D eigenvalue weighted by atomic mass is 16.5. The molecule has 114 valence electrons. The summed E-state index contributed by atoms with van der Waals surface area (Å²) < 4.78 is 5.95. The lowest BCUT2D eigenvalue weighted by Gasteiger charge is -2.31. The molecular formula is C16H33NO2. The molecule has 4 atom stereocenters. The van der Waals surface area contributed by atoms with Gasteiger partial charge >= 0.3 is 0 Å². The summed E-state index contributed by atoms with van der Waals surface area (Å²) in [4.78, 5) is 0. The van der Waals surface area contributed by atoms with Gasteiger partial charge in [0, 0.05) is 12.6 Å². The number of nitrogens with one attached hydrogen (secondary N) is 1. The molecule has 0 amide bonds. The lowest BCUT2D eigenvalue weighted by Crippen LogP contribution is -2.39. The third-order valence-corrected chi connectivity index (χ3v) is 4.54. The van der Waals surface area contributed by atoms with Gasteiger partial charge in [0.1, 0.15) is 0 Å². The van der Waals surface area contributed by atoms with Crippen LogP contribution in [0.15, 0.2) is 0 Å². The molecule has 1 aliphatic carbocycles. The van der Waals surface area contributed by atoms with Crippen LogP contribution in [0.2, 0.25) is 0 Å². The van der Waals surface area contributed by atoms with Gasteiger partial charge in [-0.3, -0.25) is 0 Å². The molecule has 0 aromatic heterocycles. The van der Waals surface area contributed by atoms with Crippen molar-refractivity contribution < 1.29 is 9.84 Å². The van der Waals surface area contributed by atoms with Crippen molar-refractivity contribution in [3.05, 3.63) is 0 Å². The minimum absolute atomic E-state index is 0.371. The zero-order chi connectivity index (χ0) is 14.3. The molecule has 19 heavy (non-hydrogen) atoms. The Labute approximate surface area is 119 Å². The second-order valence-electron chi connectivity index (χ2n) is 6.42. The zero-order valence-corrected chi connectivity index (χ0v) is 13.2. The Kier molecular flexibility index (Phi) is 7.96. The van der Waals surface area contributed by atoms with Crippen LogP contribution in [0.3, 0.4) is 0 Å². The van der Waals surface area contributed by atoms with Crippen molar-refractivity contribution in [1.82, 2.24) is 5.32 Å². The average Bonchev–Trinajstić information content (AvgIpc) is 2.42. The van der Waals surface area contributed by atoms with Gasteiger partial charge in [-0.1, -0.05) is 40.0 Å². The normalized spacial score (nSPS) is 27.5. The van der Waals surface area contributed by atoms with E-state index < -0.39 is 0 Å². The van der Waals surface area contributed by atoms with Crippen LogP contribution in [-0.2, 0) is 4.74 Å². The van der Waals surface area contributed by atoms with Gasteiger partial charge in [-0.15, -0.1) is 0 Å². The molecule has 0 aromatic rings. The maximum atomic E-state index is 9.98. The fourth-order valence-corrected chi connectivity index (χ4v) is 2.71. The molecule has 1 saturated carbocycles. The maximum Gasteiger partial charge on any atom is 0.0897 e. The fraction of sp³-hybridized carbons (Fsp3) is 1.00. The summed E-state index contributed by atoms with van der Waals surface area (Å²) in [5, 5.41) is 13.3. The van der Waals surface area contributed by atoms with Crippen molar-refractivity contribution >= 4 is 0 Å². The molecule has 0 spiro atoms. The van der Waals surface area contributed by atoms with Gasteiger partial charge in [0.25, 0.3) is 0 Å². The largest absolute Gasteiger partial charge is 0.389 e. The van der Waals surface area contributed by atoms with Gasteiger partial charge in [-0.25, -0.2) is 0 Å². The fourth-order valence-electron chi connectivity index (χ4n) is 2.71. The average molecular weight is 271 g/mol.